The van der Waals surface area contributed by atoms with E-state index in [0.29, 0.717) is 24.3 Å². The number of aryl methyl sites for hydroxylation is 1. The molecule has 0 saturated heterocycles. The maximum absolute atomic E-state index is 11.8. The lowest BCUT2D eigenvalue weighted by molar-refractivity contribution is -0.252. The normalized spacial score (nSPS) is 11.9. The average molecular weight is 620 g/mol. The Labute approximate surface area is 265 Å². The third-order valence-corrected chi connectivity index (χ3v) is 7.24. The molecule has 0 saturated carbocycles. The van der Waals surface area contributed by atoms with Crippen molar-refractivity contribution in [1.29, 1.82) is 0 Å². The molecule has 0 unspecified atom stereocenters. The Morgan fingerprint density at radius 2 is 1.62 bits per heavy atom. The molecule has 242 valence electrons. The summed E-state index contributed by atoms with van der Waals surface area (Å²) in [7, 11) is 0. The van der Waals surface area contributed by atoms with Gasteiger partial charge in [-0.15, -0.1) is 0 Å². The first kappa shape index (κ1) is 35.5. The SMILES string of the molecule is CC(=O)OOC(=O)/C=C/c1ccc(-c2ccccc2)c(CCCCOCCCCCCNC[C@H](O)c2ccc(O)c(CO)c2)c1. The molecule has 9 heteroatoms. The van der Waals surface area contributed by atoms with E-state index in [4.69, 9.17) is 4.74 Å². The monoisotopic (exact) mass is 619 g/mol. The standard InChI is InChI=1S/C36H45NO8/c1-27(39)44-45-36(42)19-15-28-14-17-33(29-11-5-4-6-12-29)30(23-28)13-7-10-22-43-21-9-3-2-8-20-37-25-35(41)31-16-18-34(40)32(24-31)26-38/h4-6,11-12,14-19,23-24,35,37-38,40-41H,2-3,7-10,13,20-22,25-26H2,1H3/b19-15+/t35-/m0/s1. The Morgan fingerprint density at radius 3 is 2.38 bits per heavy atom. The summed E-state index contributed by atoms with van der Waals surface area (Å²) < 4.78 is 5.87. The fourth-order valence-electron chi connectivity index (χ4n) is 4.84. The molecule has 0 radical (unpaired) electrons. The minimum atomic E-state index is -0.756. The van der Waals surface area contributed by atoms with Crippen LogP contribution in [-0.4, -0.2) is 53.6 Å². The third kappa shape index (κ3) is 13.2. The predicted molar refractivity (Wildman–Crippen MR) is 173 cm³/mol. The number of unbranched alkanes of at least 4 members (excludes halogenated alkanes) is 4. The first-order valence-electron chi connectivity index (χ1n) is 15.5. The number of aliphatic hydroxyl groups is 2. The quantitative estimate of drug-likeness (QED) is 0.0568. The molecular formula is C36H45NO8. The first-order valence-corrected chi connectivity index (χ1v) is 15.5. The van der Waals surface area contributed by atoms with Gasteiger partial charge in [-0.3, -0.25) is 0 Å². The molecule has 0 fully saturated rings. The van der Waals surface area contributed by atoms with Crippen molar-refractivity contribution in [3.8, 4) is 16.9 Å². The first-order chi connectivity index (χ1) is 21.9. The lowest BCUT2D eigenvalue weighted by Gasteiger charge is -2.14. The highest BCUT2D eigenvalue weighted by Gasteiger charge is 2.10. The van der Waals surface area contributed by atoms with Crippen molar-refractivity contribution in [1.82, 2.24) is 5.32 Å². The zero-order chi connectivity index (χ0) is 32.3. The van der Waals surface area contributed by atoms with Crippen molar-refractivity contribution in [2.24, 2.45) is 0 Å². The van der Waals surface area contributed by atoms with Crippen LogP contribution < -0.4 is 5.32 Å². The Kier molecular flexibility index (Phi) is 15.8. The smallest absolute Gasteiger partial charge is 0.379 e. The molecule has 4 N–H and O–H groups in total. The van der Waals surface area contributed by atoms with Gasteiger partial charge in [0, 0.05) is 38.3 Å². The van der Waals surface area contributed by atoms with Gasteiger partial charge < -0.3 is 25.4 Å². The number of hydrogen-bond acceptors (Lipinski definition) is 9. The molecule has 0 amide bonds. The second-order valence-corrected chi connectivity index (χ2v) is 10.8. The minimum absolute atomic E-state index is 0.0290. The molecule has 3 rings (SSSR count). The molecule has 0 bridgehead atoms. The fraction of sp³-hybridized carbons (Fsp3) is 0.389. The van der Waals surface area contributed by atoms with E-state index >= 15 is 0 Å². The van der Waals surface area contributed by atoms with Crippen LogP contribution in [0.2, 0.25) is 0 Å². The number of nitrogens with one attached hydrogen (secondary N) is 1. The number of phenols is 1. The van der Waals surface area contributed by atoms with Crippen molar-refractivity contribution in [3.05, 3.63) is 95.1 Å². The van der Waals surface area contributed by atoms with E-state index in [1.54, 1.807) is 18.2 Å². The van der Waals surface area contributed by atoms with E-state index in [9.17, 15) is 24.9 Å². The van der Waals surface area contributed by atoms with Gasteiger partial charge in [0.1, 0.15) is 5.75 Å². The van der Waals surface area contributed by atoms with Gasteiger partial charge >= 0.3 is 11.9 Å². The molecule has 3 aromatic carbocycles. The number of carbonyl (C=O) groups is 2. The van der Waals surface area contributed by atoms with E-state index < -0.39 is 18.0 Å². The number of hydrogen-bond donors (Lipinski definition) is 4. The minimum Gasteiger partial charge on any atom is -0.508 e. The Morgan fingerprint density at radius 1 is 0.867 bits per heavy atom. The number of aromatic hydroxyl groups is 1. The molecular weight excluding hydrogens is 574 g/mol. The van der Waals surface area contributed by atoms with Crippen molar-refractivity contribution < 1.29 is 39.4 Å². The lowest BCUT2D eigenvalue weighted by Crippen LogP contribution is -2.22. The van der Waals surface area contributed by atoms with Crippen LogP contribution in [0.3, 0.4) is 0 Å². The van der Waals surface area contributed by atoms with Crippen LogP contribution in [0.1, 0.15) is 73.8 Å². The van der Waals surface area contributed by atoms with E-state index in [-0.39, 0.29) is 12.4 Å². The highest BCUT2D eigenvalue weighted by Crippen LogP contribution is 2.27. The topological polar surface area (TPSA) is 135 Å². The maximum atomic E-state index is 11.8. The number of ether oxygens (including phenoxy) is 1. The molecule has 0 aliphatic carbocycles. The van der Waals surface area contributed by atoms with Crippen LogP contribution in [0.4, 0.5) is 0 Å². The van der Waals surface area contributed by atoms with Crippen molar-refractivity contribution in [2.45, 2.75) is 64.6 Å². The Bertz CT molecular complexity index is 1360. The van der Waals surface area contributed by atoms with Gasteiger partial charge in [0.2, 0.25) is 0 Å². The summed E-state index contributed by atoms with van der Waals surface area (Å²) >= 11 is 0. The zero-order valence-corrected chi connectivity index (χ0v) is 26.0. The third-order valence-electron chi connectivity index (χ3n) is 7.24. The molecule has 9 nitrogen and oxygen atoms in total. The molecule has 3 aromatic rings. The molecule has 0 aliphatic rings. The fourth-order valence-corrected chi connectivity index (χ4v) is 4.84. The second kappa shape index (κ2) is 20.1. The van der Waals surface area contributed by atoms with E-state index in [1.807, 2.05) is 24.3 Å². The van der Waals surface area contributed by atoms with Crippen molar-refractivity contribution in [3.63, 3.8) is 0 Å². The summed E-state index contributed by atoms with van der Waals surface area (Å²) in [5, 5.41) is 32.5. The summed E-state index contributed by atoms with van der Waals surface area (Å²) in [6.07, 6.45) is 9.12. The predicted octanol–water partition coefficient (Wildman–Crippen LogP) is 5.81. The zero-order valence-electron chi connectivity index (χ0n) is 26.0. The van der Waals surface area contributed by atoms with E-state index in [2.05, 4.69) is 39.4 Å². The van der Waals surface area contributed by atoms with Crippen LogP contribution in [-0.2, 0) is 37.1 Å². The lowest BCUT2D eigenvalue weighted by atomic mass is 9.94. The molecule has 0 spiro atoms. The highest BCUT2D eigenvalue weighted by atomic mass is 17.2. The summed E-state index contributed by atoms with van der Waals surface area (Å²) in [4.78, 5) is 31.3. The van der Waals surface area contributed by atoms with Crippen LogP contribution in [0.25, 0.3) is 17.2 Å². The van der Waals surface area contributed by atoms with Crippen LogP contribution in [0.15, 0.2) is 72.8 Å². The van der Waals surface area contributed by atoms with Crippen LogP contribution in [0, 0.1) is 0 Å². The van der Waals surface area contributed by atoms with Crippen molar-refractivity contribution in [2.75, 3.05) is 26.3 Å². The number of carbonyl (C=O) groups excluding carboxylic acids is 2. The van der Waals surface area contributed by atoms with Crippen molar-refractivity contribution >= 4 is 18.0 Å². The molecule has 45 heavy (non-hydrogen) atoms. The summed E-state index contributed by atoms with van der Waals surface area (Å²) in [5.41, 5.74) is 5.38. The maximum Gasteiger partial charge on any atom is 0.379 e. The van der Waals surface area contributed by atoms with Gasteiger partial charge in [0.25, 0.3) is 0 Å². The van der Waals surface area contributed by atoms with Gasteiger partial charge in [0.15, 0.2) is 0 Å². The molecule has 1 atom stereocenters. The highest BCUT2D eigenvalue weighted by molar-refractivity contribution is 5.87. The van der Waals surface area contributed by atoms with Crippen LogP contribution >= 0.6 is 0 Å². The van der Waals surface area contributed by atoms with Gasteiger partial charge in [0.05, 0.1) is 12.7 Å². The summed E-state index contributed by atoms with van der Waals surface area (Å²) in [5.74, 6) is -1.42. The Hall–Kier alpha value is -4.02. The van der Waals surface area contributed by atoms with E-state index in [1.165, 1.54) is 17.7 Å². The van der Waals surface area contributed by atoms with E-state index in [0.717, 1.165) is 81.7 Å². The second-order valence-electron chi connectivity index (χ2n) is 10.8. The number of benzene rings is 3. The number of aliphatic hydroxyl groups excluding tert-OH is 2. The van der Waals surface area contributed by atoms with Crippen LogP contribution in [0.5, 0.6) is 5.75 Å². The molecule has 0 aromatic heterocycles. The van der Waals surface area contributed by atoms with Gasteiger partial charge in [-0.1, -0.05) is 67.4 Å². The van der Waals surface area contributed by atoms with Gasteiger partial charge in [-0.05, 0) is 84.7 Å². The molecule has 0 aliphatic heterocycles. The van der Waals surface area contributed by atoms with Gasteiger partial charge in [-0.2, -0.15) is 0 Å². The number of rotatable bonds is 19. The summed E-state index contributed by atoms with van der Waals surface area (Å²) in [6.45, 7) is 3.56. The average Bonchev–Trinajstić information content (AvgIpc) is 3.05. The van der Waals surface area contributed by atoms with Gasteiger partial charge in [-0.25, -0.2) is 19.4 Å². The largest absolute Gasteiger partial charge is 0.508 e. The Balaban J connectivity index is 1.30. The summed E-state index contributed by atoms with van der Waals surface area (Å²) in [6, 6.07) is 21.0. The molecule has 0 heterocycles.